The number of ether oxygens (including phenoxy) is 1. The van der Waals surface area contributed by atoms with E-state index >= 15 is 0 Å². The predicted octanol–water partition coefficient (Wildman–Crippen LogP) is 0.0543. The minimum atomic E-state index is 0.366. The highest BCUT2D eigenvalue weighted by Gasteiger charge is 2.20. The molecule has 0 bridgehead atoms. The van der Waals surface area contributed by atoms with Gasteiger partial charge in [0.1, 0.15) is 0 Å². The van der Waals surface area contributed by atoms with E-state index in [2.05, 4.69) is 18.7 Å². The van der Waals surface area contributed by atoms with Crippen molar-refractivity contribution in [2.75, 3.05) is 26.2 Å². The van der Waals surface area contributed by atoms with Gasteiger partial charge in [-0.25, -0.2) is 0 Å². The maximum absolute atomic E-state index is 5.58. The van der Waals surface area contributed by atoms with Crippen molar-refractivity contribution in [1.29, 1.82) is 0 Å². The molecule has 0 spiro atoms. The van der Waals surface area contributed by atoms with Crippen LogP contribution in [0.4, 0.5) is 0 Å². The van der Waals surface area contributed by atoms with E-state index in [1.807, 2.05) is 0 Å². The molecule has 2 atom stereocenters. The van der Waals surface area contributed by atoms with E-state index in [1.165, 1.54) is 0 Å². The van der Waals surface area contributed by atoms with Gasteiger partial charge in [-0.05, 0) is 13.8 Å². The molecule has 0 aromatic heterocycles. The Morgan fingerprint density at radius 1 is 1.36 bits per heavy atom. The summed E-state index contributed by atoms with van der Waals surface area (Å²) in [7, 11) is 0. The van der Waals surface area contributed by atoms with Gasteiger partial charge in [0.15, 0.2) is 0 Å². The average molecular weight is 158 g/mol. The summed E-state index contributed by atoms with van der Waals surface area (Å²) in [6, 6.07) is 0. The van der Waals surface area contributed by atoms with E-state index in [0.29, 0.717) is 12.2 Å². The number of morpholine rings is 1. The van der Waals surface area contributed by atoms with Gasteiger partial charge in [-0.2, -0.15) is 0 Å². The van der Waals surface area contributed by atoms with Crippen LogP contribution in [0.5, 0.6) is 0 Å². The van der Waals surface area contributed by atoms with Crippen molar-refractivity contribution >= 4 is 0 Å². The van der Waals surface area contributed by atoms with E-state index in [1.54, 1.807) is 0 Å². The van der Waals surface area contributed by atoms with Crippen molar-refractivity contribution in [3.05, 3.63) is 0 Å². The number of nitrogens with two attached hydrogens (primary N) is 1. The van der Waals surface area contributed by atoms with E-state index in [-0.39, 0.29) is 0 Å². The Morgan fingerprint density at radius 2 is 1.91 bits per heavy atom. The molecule has 1 rings (SSSR count). The summed E-state index contributed by atoms with van der Waals surface area (Å²) >= 11 is 0. The third kappa shape index (κ3) is 2.77. The summed E-state index contributed by atoms with van der Waals surface area (Å²) in [5.41, 5.74) is 5.47. The molecule has 3 nitrogen and oxygen atoms in total. The highest BCUT2D eigenvalue weighted by atomic mass is 16.5. The van der Waals surface area contributed by atoms with Crippen molar-refractivity contribution in [2.24, 2.45) is 5.73 Å². The second-order valence-corrected chi connectivity index (χ2v) is 3.31. The van der Waals surface area contributed by atoms with Crippen LogP contribution < -0.4 is 5.73 Å². The summed E-state index contributed by atoms with van der Waals surface area (Å²) in [5, 5.41) is 0. The predicted molar refractivity (Wildman–Crippen MR) is 45.5 cm³/mol. The molecule has 0 unspecified atom stereocenters. The Morgan fingerprint density at radius 3 is 2.36 bits per heavy atom. The van der Waals surface area contributed by atoms with Crippen LogP contribution in [0.3, 0.4) is 0 Å². The van der Waals surface area contributed by atoms with E-state index in [0.717, 1.165) is 26.2 Å². The van der Waals surface area contributed by atoms with Gasteiger partial charge in [0.25, 0.3) is 0 Å². The van der Waals surface area contributed by atoms with Gasteiger partial charge in [0, 0.05) is 26.2 Å². The molecule has 0 amide bonds. The first-order chi connectivity index (χ1) is 5.22. The molecule has 11 heavy (non-hydrogen) atoms. The SMILES string of the molecule is C[C@@H]1CN(CCN)C[C@H](C)O1. The van der Waals surface area contributed by atoms with Crippen LogP contribution in [0.1, 0.15) is 13.8 Å². The molecule has 66 valence electrons. The fourth-order valence-electron chi connectivity index (χ4n) is 1.65. The zero-order valence-corrected chi connectivity index (χ0v) is 7.42. The molecule has 0 aliphatic carbocycles. The van der Waals surface area contributed by atoms with Crippen molar-refractivity contribution in [3.63, 3.8) is 0 Å². The number of hydrogen-bond acceptors (Lipinski definition) is 3. The van der Waals surface area contributed by atoms with Crippen LogP contribution in [0.15, 0.2) is 0 Å². The van der Waals surface area contributed by atoms with Crippen LogP contribution in [-0.4, -0.2) is 43.3 Å². The smallest absolute Gasteiger partial charge is 0.0678 e. The van der Waals surface area contributed by atoms with E-state index in [9.17, 15) is 0 Å². The lowest BCUT2D eigenvalue weighted by atomic mass is 10.2. The molecule has 1 aliphatic rings. The number of hydrogen-bond donors (Lipinski definition) is 1. The molecule has 1 aliphatic heterocycles. The lowest BCUT2D eigenvalue weighted by molar-refractivity contribution is -0.0669. The molecule has 1 fully saturated rings. The van der Waals surface area contributed by atoms with E-state index < -0.39 is 0 Å². The Kier molecular flexibility index (Phi) is 3.30. The Labute approximate surface area is 68.5 Å². The maximum Gasteiger partial charge on any atom is 0.0678 e. The third-order valence-corrected chi connectivity index (χ3v) is 1.94. The fourth-order valence-corrected chi connectivity index (χ4v) is 1.65. The fraction of sp³-hybridized carbons (Fsp3) is 1.00. The maximum atomic E-state index is 5.58. The summed E-state index contributed by atoms with van der Waals surface area (Å²) in [5.74, 6) is 0. The Bertz CT molecular complexity index is 109. The number of rotatable bonds is 2. The highest BCUT2D eigenvalue weighted by Crippen LogP contribution is 2.09. The molecule has 2 N–H and O–H groups in total. The zero-order chi connectivity index (χ0) is 8.27. The van der Waals surface area contributed by atoms with Crippen LogP contribution in [0.2, 0.25) is 0 Å². The summed E-state index contributed by atoms with van der Waals surface area (Å²) in [6.07, 6.45) is 0.732. The van der Waals surface area contributed by atoms with Crippen molar-refractivity contribution < 1.29 is 4.74 Å². The monoisotopic (exact) mass is 158 g/mol. The van der Waals surface area contributed by atoms with Crippen LogP contribution in [0.25, 0.3) is 0 Å². The molecule has 0 aromatic rings. The van der Waals surface area contributed by atoms with Crippen molar-refractivity contribution in [3.8, 4) is 0 Å². The van der Waals surface area contributed by atoms with Gasteiger partial charge in [-0.3, -0.25) is 4.90 Å². The molecule has 1 saturated heterocycles. The highest BCUT2D eigenvalue weighted by molar-refractivity contribution is 4.72. The van der Waals surface area contributed by atoms with Gasteiger partial charge in [0.2, 0.25) is 0 Å². The molecule has 0 radical (unpaired) electrons. The van der Waals surface area contributed by atoms with Gasteiger partial charge in [0.05, 0.1) is 12.2 Å². The molecule has 1 heterocycles. The zero-order valence-electron chi connectivity index (χ0n) is 7.42. The molecule has 0 saturated carbocycles. The minimum absolute atomic E-state index is 0.366. The van der Waals surface area contributed by atoms with E-state index in [4.69, 9.17) is 10.5 Å². The Balaban J connectivity index is 2.30. The summed E-state index contributed by atoms with van der Waals surface area (Å²) in [6.45, 7) is 8.03. The second-order valence-electron chi connectivity index (χ2n) is 3.31. The first-order valence-electron chi connectivity index (χ1n) is 4.30. The summed E-state index contributed by atoms with van der Waals surface area (Å²) < 4.78 is 5.58. The van der Waals surface area contributed by atoms with Crippen molar-refractivity contribution in [2.45, 2.75) is 26.1 Å². The standard InChI is InChI=1S/C8H18N2O/c1-7-5-10(4-3-9)6-8(2)11-7/h7-8H,3-6,9H2,1-2H3/t7-,8+. The Hall–Kier alpha value is -0.120. The second kappa shape index (κ2) is 4.04. The molecule has 0 aromatic carbocycles. The molecule has 3 heteroatoms. The lowest BCUT2D eigenvalue weighted by Gasteiger charge is -2.34. The minimum Gasteiger partial charge on any atom is -0.373 e. The lowest BCUT2D eigenvalue weighted by Crippen LogP contribution is -2.46. The van der Waals surface area contributed by atoms with Gasteiger partial charge >= 0.3 is 0 Å². The topological polar surface area (TPSA) is 38.5 Å². The quantitative estimate of drug-likeness (QED) is 0.617. The van der Waals surface area contributed by atoms with Gasteiger partial charge in [-0.15, -0.1) is 0 Å². The van der Waals surface area contributed by atoms with Gasteiger partial charge < -0.3 is 10.5 Å². The van der Waals surface area contributed by atoms with Crippen molar-refractivity contribution in [1.82, 2.24) is 4.90 Å². The molecular formula is C8H18N2O. The average Bonchev–Trinajstić information content (AvgIpc) is 1.85. The van der Waals surface area contributed by atoms with Crippen LogP contribution >= 0.6 is 0 Å². The van der Waals surface area contributed by atoms with Crippen LogP contribution in [-0.2, 0) is 4.74 Å². The molecular weight excluding hydrogens is 140 g/mol. The normalized spacial score (nSPS) is 34.1. The van der Waals surface area contributed by atoms with Crippen LogP contribution in [0, 0.1) is 0 Å². The van der Waals surface area contributed by atoms with Gasteiger partial charge in [-0.1, -0.05) is 0 Å². The number of nitrogens with zero attached hydrogens (tertiary/aromatic N) is 1. The third-order valence-electron chi connectivity index (χ3n) is 1.94. The first-order valence-corrected chi connectivity index (χ1v) is 4.30. The largest absolute Gasteiger partial charge is 0.373 e. The first kappa shape index (κ1) is 8.97. The summed E-state index contributed by atoms with van der Waals surface area (Å²) in [4.78, 5) is 2.36.